The van der Waals surface area contributed by atoms with Crippen molar-refractivity contribution in [3.05, 3.63) is 29.8 Å². The van der Waals surface area contributed by atoms with E-state index in [0.717, 1.165) is 18.4 Å². The van der Waals surface area contributed by atoms with Gasteiger partial charge in [0.1, 0.15) is 0 Å². The molecule has 0 aliphatic heterocycles. The summed E-state index contributed by atoms with van der Waals surface area (Å²) >= 11 is 0. The lowest BCUT2D eigenvalue weighted by molar-refractivity contribution is 0.519. The summed E-state index contributed by atoms with van der Waals surface area (Å²) in [6.07, 6.45) is 4.72. The van der Waals surface area contributed by atoms with Gasteiger partial charge in [0.25, 0.3) is 0 Å². The predicted molar refractivity (Wildman–Crippen MR) is 81.1 cm³/mol. The molecule has 2 rings (SSSR count). The van der Waals surface area contributed by atoms with E-state index in [0.29, 0.717) is 17.4 Å². The van der Waals surface area contributed by atoms with Gasteiger partial charge in [-0.25, -0.2) is 13.1 Å². The number of hydrogen-bond donors (Lipinski definition) is 2. The van der Waals surface area contributed by atoms with Crippen molar-refractivity contribution in [3.8, 4) is 0 Å². The average molecular weight is 296 g/mol. The van der Waals surface area contributed by atoms with Crippen molar-refractivity contribution in [1.29, 1.82) is 0 Å². The molecule has 1 aromatic carbocycles. The Morgan fingerprint density at radius 3 is 2.65 bits per heavy atom. The summed E-state index contributed by atoms with van der Waals surface area (Å²) in [5.41, 5.74) is 0.983. The van der Waals surface area contributed by atoms with E-state index in [1.165, 1.54) is 12.8 Å². The summed E-state index contributed by atoms with van der Waals surface area (Å²) in [6, 6.07) is 7.28. The summed E-state index contributed by atoms with van der Waals surface area (Å²) in [5, 5.41) is 3.12. The van der Waals surface area contributed by atoms with Crippen molar-refractivity contribution >= 4 is 10.0 Å². The van der Waals surface area contributed by atoms with Gasteiger partial charge in [-0.05, 0) is 50.4 Å². The molecule has 1 aliphatic rings. The van der Waals surface area contributed by atoms with E-state index in [2.05, 4.69) is 10.0 Å². The fraction of sp³-hybridized carbons (Fsp3) is 0.600. The van der Waals surface area contributed by atoms with Crippen LogP contribution in [0.4, 0.5) is 0 Å². The highest BCUT2D eigenvalue weighted by Crippen LogP contribution is 2.24. The monoisotopic (exact) mass is 296 g/mol. The van der Waals surface area contributed by atoms with Crippen LogP contribution in [0.1, 0.15) is 44.2 Å². The molecular weight excluding hydrogens is 272 g/mol. The third-order valence-electron chi connectivity index (χ3n) is 4.14. The van der Waals surface area contributed by atoms with Crippen LogP contribution in [0.3, 0.4) is 0 Å². The van der Waals surface area contributed by atoms with Gasteiger partial charge in [-0.15, -0.1) is 0 Å². The van der Waals surface area contributed by atoms with Crippen LogP contribution >= 0.6 is 0 Å². The maximum atomic E-state index is 12.3. The second-order valence-electron chi connectivity index (χ2n) is 5.59. The number of rotatable bonds is 6. The Balaban J connectivity index is 2.08. The molecule has 0 radical (unpaired) electrons. The highest BCUT2D eigenvalue weighted by molar-refractivity contribution is 7.89. The molecule has 0 aromatic heterocycles. The van der Waals surface area contributed by atoms with E-state index in [-0.39, 0.29) is 6.04 Å². The van der Waals surface area contributed by atoms with Gasteiger partial charge in [-0.2, -0.15) is 0 Å². The standard InChI is InChI=1S/C15H24N2O2S/c1-12(16-2)14-8-5-9-15(10-14)20(18,19)17-11-13-6-3-4-7-13/h5,8-10,12-13,16-17H,3-4,6-7,11H2,1-2H3. The molecule has 0 amide bonds. The van der Waals surface area contributed by atoms with Gasteiger partial charge in [0, 0.05) is 12.6 Å². The minimum atomic E-state index is -3.39. The molecule has 1 unspecified atom stereocenters. The Labute approximate surface area is 122 Å². The number of benzene rings is 1. The van der Waals surface area contributed by atoms with Gasteiger partial charge in [0.05, 0.1) is 4.90 Å². The molecule has 0 saturated heterocycles. The van der Waals surface area contributed by atoms with E-state index in [9.17, 15) is 8.42 Å². The SMILES string of the molecule is CNC(C)c1cccc(S(=O)(=O)NCC2CCCC2)c1. The van der Waals surface area contributed by atoms with Crippen molar-refractivity contribution < 1.29 is 8.42 Å². The molecule has 0 bridgehead atoms. The van der Waals surface area contributed by atoms with Crippen LogP contribution < -0.4 is 10.0 Å². The van der Waals surface area contributed by atoms with Crippen molar-refractivity contribution in [2.24, 2.45) is 5.92 Å². The van der Waals surface area contributed by atoms with Crippen LogP contribution in [0.2, 0.25) is 0 Å². The lowest BCUT2D eigenvalue weighted by atomic mass is 10.1. The first-order valence-corrected chi connectivity index (χ1v) is 8.78. The van der Waals surface area contributed by atoms with Gasteiger partial charge >= 0.3 is 0 Å². The lowest BCUT2D eigenvalue weighted by Gasteiger charge is -2.14. The topological polar surface area (TPSA) is 58.2 Å². The lowest BCUT2D eigenvalue weighted by Crippen LogP contribution is -2.28. The van der Waals surface area contributed by atoms with Gasteiger partial charge in [0.2, 0.25) is 10.0 Å². The number of sulfonamides is 1. The highest BCUT2D eigenvalue weighted by Gasteiger charge is 2.20. The van der Waals surface area contributed by atoms with E-state index >= 15 is 0 Å². The Hall–Kier alpha value is -0.910. The van der Waals surface area contributed by atoms with Gasteiger partial charge in [-0.1, -0.05) is 25.0 Å². The zero-order chi connectivity index (χ0) is 14.6. The summed E-state index contributed by atoms with van der Waals surface area (Å²) in [6.45, 7) is 2.58. The first-order chi connectivity index (χ1) is 9.53. The Kier molecular flexibility index (Phi) is 5.18. The fourth-order valence-corrected chi connectivity index (χ4v) is 3.81. The second-order valence-corrected chi connectivity index (χ2v) is 7.35. The van der Waals surface area contributed by atoms with Crippen molar-refractivity contribution in [2.75, 3.05) is 13.6 Å². The zero-order valence-corrected chi connectivity index (χ0v) is 13.0. The zero-order valence-electron chi connectivity index (χ0n) is 12.2. The van der Waals surface area contributed by atoms with E-state index in [4.69, 9.17) is 0 Å². The molecule has 0 heterocycles. The predicted octanol–water partition coefficient (Wildman–Crippen LogP) is 2.44. The van der Waals surface area contributed by atoms with Gasteiger partial charge in [-0.3, -0.25) is 0 Å². The molecule has 1 saturated carbocycles. The normalized spacial score (nSPS) is 18.3. The van der Waals surface area contributed by atoms with E-state index in [1.54, 1.807) is 18.2 Å². The van der Waals surface area contributed by atoms with Crippen LogP contribution in [-0.4, -0.2) is 22.0 Å². The largest absolute Gasteiger partial charge is 0.313 e. The van der Waals surface area contributed by atoms with E-state index < -0.39 is 10.0 Å². The van der Waals surface area contributed by atoms with Crippen molar-refractivity contribution in [3.63, 3.8) is 0 Å². The molecule has 0 spiro atoms. The molecule has 4 nitrogen and oxygen atoms in total. The maximum Gasteiger partial charge on any atom is 0.240 e. The van der Waals surface area contributed by atoms with Crippen molar-refractivity contribution in [1.82, 2.24) is 10.0 Å². The Morgan fingerprint density at radius 1 is 1.30 bits per heavy atom. The fourth-order valence-electron chi connectivity index (χ4n) is 2.64. The molecule has 112 valence electrons. The third kappa shape index (κ3) is 3.81. The molecule has 1 aliphatic carbocycles. The van der Waals surface area contributed by atoms with Crippen LogP contribution in [0.25, 0.3) is 0 Å². The Morgan fingerprint density at radius 2 is 2.00 bits per heavy atom. The number of nitrogens with one attached hydrogen (secondary N) is 2. The molecule has 1 fully saturated rings. The average Bonchev–Trinajstić information content (AvgIpc) is 2.98. The molecule has 2 N–H and O–H groups in total. The molecule has 20 heavy (non-hydrogen) atoms. The maximum absolute atomic E-state index is 12.3. The van der Waals surface area contributed by atoms with Crippen LogP contribution in [-0.2, 0) is 10.0 Å². The quantitative estimate of drug-likeness (QED) is 0.847. The summed E-state index contributed by atoms with van der Waals surface area (Å²) in [4.78, 5) is 0.357. The van der Waals surface area contributed by atoms with Gasteiger partial charge < -0.3 is 5.32 Å². The van der Waals surface area contributed by atoms with Crippen LogP contribution in [0.15, 0.2) is 29.2 Å². The highest BCUT2D eigenvalue weighted by atomic mass is 32.2. The molecule has 1 atom stereocenters. The van der Waals surface area contributed by atoms with E-state index in [1.807, 2.05) is 20.0 Å². The third-order valence-corrected chi connectivity index (χ3v) is 5.56. The Bertz CT molecular complexity index is 537. The van der Waals surface area contributed by atoms with Gasteiger partial charge in [0.15, 0.2) is 0 Å². The smallest absolute Gasteiger partial charge is 0.240 e. The minimum Gasteiger partial charge on any atom is -0.313 e. The summed E-state index contributed by atoms with van der Waals surface area (Å²) in [5.74, 6) is 0.504. The summed E-state index contributed by atoms with van der Waals surface area (Å²) < 4.78 is 27.4. The molecule has 1 aromatic rings. The van der Waals surface area contributed by atoms with Crippen LogP contribution in [0.5, 0.6) is 0 Å². The molecular formula is C15H24N2O2S. The van der Waals surface area contributed by atoms with Crippen molar-refractivity contribution in [2.45, 2.75) is 43.5 Å². The second kappa shape index (κ2) is 6.70. The minimum absolute atomic E-state index is 0.139. The first-order valence-electron chi connectivity index (χ1n) is 7.30. The van der Waals surface area contributed by atoms with Crippen LogP contribution in [0, 0.1) is 5.92 Å². The first kappa shape index (κ1) is 15.5. The summed E-state index contributed by atoms with van der Waals surface area (Å²) in [7, 11) is -1.52. The number of hydrogen-bond acceptors (Lipinski definition) is 3. The molecule has 5 heteroatoms.